The number of aromatic nitrogens is 1. The Hall–Kier alpha value is -5.00. The van der Waals surface area contributed by atoms with Crippen LogP contribution in [0, 0.1) is 23.2 Å². The van der Waals surface area contributed by atoms with Crippen LogP contribution < -0.4 is 5.32 Å². The number of carbonyl (C=O) groups is 3. The summed E-state index contributed by atoms with van der Waals surface area (Å²) >= 11 is 0. The van der Waals surface area contributed by atoms with Crippen LogP contribution in [-0.2, 0) is 20.8 Å². The van der Waals surface area contributed by atoms with Gasteiger partial charge in [0.15, 0.2) is 0 Å². The standard InChI is InChI=1S/C32H26N4O4/c33-18-21-12-4-5-14-24(21)28-26-27(30(38)36(29(26)37)16-8-11-20-9-2-1-3-10-20)32(35-28,31(39)40)17-22-19-34-25-15-7-6-13-23(22)25/h1-15,19,26-28,34-35H,16-17H2,(H,39,40). The molecule has 2 fully saturated rings. The minimum Gasteiger partial charge on any atom is -0.480 e. The summed E-state index contributed by atoms with van der Waals surface area (Å²) in [5, 5.41) is 24.6. The number of nitrogens with one attached hydrogen (secondary N) is 2. The van der Waals surface area contributed by atoms with Crippen LogP contribution in [0.15, 0.2) is 91.1 Å². The monoisotopic (exact) mass is 530 g/mol. The number of imide groups is 1. The fourth-order valence-electron chi connectivity index (χ4n) is 6.25. The highest BCUT2D eigenvalue weighted by Crippen LogP contribution is 2.50. The Morgan fingerprint density at radius 1 is 1.00 bits per heavy atom. The summed E-state index contributed by atoms with van der Waals surface area (Å²) in [5.41, 5.74) is 1.55. The second kappa shape index (κ2) is 9.95. The summed E-state index contributed by atoms with van der Waals surface area (Å²) in [6, 6.07) is 25.2. The van der Waals surface area contributed by atoms with Gasteiger partial charge in [0.05, 0.1) is 23.5 Å². The highest BCUT2D eigenvalue weighted by molar-refractivity contribution is 6.10. The lowest BCUT2D eigenvalue weighted by Gasteiger charge is -2.31. The number of aromatic amines is 1. The number of hydrogen-bond acceptors (Lipinski definition) is 5. The van der Waals surface area contributed by atoms with Crippen LogP contribution in [0.5, 0.6) is 0 Å². The lowest BCUT2D eigenvalue weighted by Crippen LogP contribution is -2.57. The van der Waals surface area contributed by atoms with Gasteiger partial charge in [-0.25, -0.2) is 0 Å². The van der Waals surface area contributed by atoms with E-state index in [-0.39, 0.29) is 13.0 Å². The summed E-state index contributed by atoms with van der Waals surface area (Å²) in [4.78, 5) is 45.4. The van der Waals surface area contributed by atoms with E-state index in [9.17, 15) is 24.8 Å². The van der Waals surface area contributed by atoms with Crippen LogP contribution in [-0.4, -0.2) is 44.9 Å². The van der Waals surface area contributed by atoms with Gasteiger partial charge in [0.2, 0.25) is 11.8 Å². The van der Waals surface area contributed by atoms with E-state index in [1.165, 1.54) is 0 Å². The van der Waals surface area contributed by atoms with Gasteiger partial charge in [0.25, 0.3) is 0 Å². The topological polar surface area (TPSA) is 126 Å². The quantitative estimate of drug-likeness (QED) is 0.309. The Morgan fingerprint density at radius 2 is 1.73 bits per heavy atom. The molecule has 0 radical (unpaired) electrons. The third-order valence-corrected chi connectivity index (χ3v) is 8.09. The van der Waals surface area contributed by atoms with Gasteiger partial charge in [-0.2, -0.15) is 5.26 Å². The van der Waals surface area contributed by atoms with Gasteiger partial charge in [-0.1, -0.05) is 78.9 Å². The van der Waals surface area contributed by atoms with E-state index in [4.69, 9.17) is 0 Å². The molecule has 2 amide bonds. The van der Waals surface area contributed by atoms with Crippen LogP contribution in [0.4, 0.5) is 0 Å². The molecule has 2 aliphatic heterocycles. The molecule has 4 atom stereocenters. The number of carboxylic acids is 1. The SMILES string of the molecule is N#Cc1ccccc1C1NC(Cc2c[nH]c3ccccc23)(C(=O)O)C2C(=O)N(CC=Cc3ccccc3)C(=O)C12. The van der Waals surface area contributed by atoms with Crippen LogP contribution in [0.2, 0.25) is 0 Å². The van der Waals surface area contributed by atoms with E-state index >= 15 is 0 Å². The number of carboxylic acid groups (broad SMARTS) is 1. The first-order valence-corrected chi connectivity index (χ1v) is 13.1. The first kappa shape index (κ1) is 25.3. The van der Waals surface area contributed by atoms with E-state index < -0.39 is 41.2 Å². The number of nitrogens with zero attached hydrogens (tertiary/aromatic N) is 2. The Labute approximate surface area is 230 Å². The third kappa shape index (κ3) is 3.99. The predicted molar refractivity (Wildman–Crippen MR) is 149 cm³/mol. The fraction of sp³-hybridized carbons (Fsp3) is 0.188. The molecule has 4 unspecified atom stereocenters. The van der Waals surface area contributed by atoms with Crippen molar-refractivity contribution in [3.63, 3.8) is 0 Å². The van der Waals surface area contributed by atoms with Crippen molar-refractivity contribution in [1.82, 2.24) is 15.2 Å². The molecule has 0 aliphatic carbocycles. The van der Waals surface area contributed by atoms with Crippen LogP contribution in [0.1, 0.15) is 28.3 Å². The summed E-state index contributed by atoms with van der Waals surface area (Å²) in [7, 11) is 0. The van der Waals surface area contributed by atoms with E-state index in [0.29, 0.717) is 11.1 Å². The third-order valence-electron chi connectivity index (χ3n) is 8.09. The molecule has 6 rings (SSSR count). The zero-order chi connectivity index (χ0) is 27.9. The van der Waals surface area contributed by atoms with Gasteiger partial charge in [0, 0.05) is 36.1 Å². The highest BCUT2D eigenvalue weighted by atomic mass is 16.4. The molecule has 3 heterocycles. The summed E-state index contributed by atoms with van der Waals surface area (Å²) in [6.45, 7) is 0.0228. The van der Waals surface area contributed by atoms with Crippen LogP contribution in [0.25, 0.3) is 17.0 Å². The molecule has 0 bridgehead atoms. The van der Waals surface area contributed by atoms with Crippen molar-refractivity contribution in [3.8, 4) is 6.07 Å². The summed E-state index contributed by atoms with van der Waals surface area (Å²) < 4.78 is 0. The van der Waals surface area contributed by atoms with E-state index in [2.05, 4.69) is 16.4 Å². The molecule has 3 aromatic carbocycles. The lowest BCUT2D eigenvalue weighted by atomic mass is 9.76. The van der Waals surface area contributed by atoms with Gasteiger partial charge < -0.3 is 10.1 Å². The average Bonchev–Trinajstić information content (AvgIpc) is 3.62. The van der Waals surface area contributed by atoms with Gasteiger partial charge in [-0.05, 0) is 28.8 Å². The minimum atomic E-state index is -1.77. The molecule has 198 valence electrons. The first-order chi connectivity index (χ1) is 19.4. The van der Waals surface area contributed by atoms with Crippen molar-refractivity contribution in [1.29, 1.82) is 5.26 Å². The minimum absolute atomic E-state index is 0.0224. The number of para-hydroxylation sites is 1. The second-order valence-corrected chi connectivity index (χ2v) is 10.2. The maximum Gasteiger partial charge on any atom is 0.325 e. The lowest BCUT2D eigenvalue weighted by molar-refractivity contribution is -0.151. The molecule has 1 aromatic heterocycles. The average molecular weight is 531 g/mol. The van der Waals surface area contributed by atoms with Gasteiger partial charge in [0.1, 0.15) is 5.54 Å². The maximum atomic E-state index is 14.0. The Kier molecular flexibility index (Phi) is 6.29. The number of rotatable bonds is 7. The zero-order valence-electron chi connectivity index (χ0n) is 21.5. The van der Waals surface area contributed by atoms with Crippen molar-refractivity contribution < 1.29 is 19.5 Å². The van der Waals surface area contributed by atoms with Gasteiger partial charge in [-0.15, -0.1) is 0 Å². The molecule has 40 heavy (non-hydrogen) atoms. The molecule has 0 spiro atoms. The molecule has 0 saturated carbocycles. The Bertz CT molecular complexity index is 1700. The molecule has 8 nitrogen and oxygen atoms in total. The number of nitriles is 1. The second-order valence-electron chi connectivity index (χ2n) is 10.2. The number of hydrogen-bond donors (Lipinski definition) is 3. The van der Waals surface area contributed by atoms with Crippen molar-refractivity contribution in [3.05, 3.63) is 113 Å². The number of benzene rings is 3. The van der Waals surface area contributed by atoms with Crippen molar-refractivity contribution in [2.24, 2.45) is 11.8 Å². The normalized spacial score (nSPS) is 24.1. The van der Waals surface area contributed by atoms with Gasteiger partial charge >= 0.3 is 5.97 Å². The summed E-state index contributed by atoms with van der Waals surface area (Å²) in [5.74, 6) is -4.33. The van der Waals surface area contributed by atoms with Crippen LogP contribution >= 0.6 is 0 Å². The van der Waals surface area contributed by atoms with E-state index in [1.807, 2.05) is 60.7 Å². The van der Waals surface area contributed by atoms with Crippen LogP contribution in [0.3, 0.4) is 0 Å². The first-order valence-electron chi connectivity index (χ1n) is 13.1. The van der Waals surface area contributed by atoms with E-state index in [1.54, 1.807) is 36.5 Å². The number of carbonyl (C=O) groups excluding carboxylic acids is 2. The smallest absolute Gasteiger partial charge is 0.325 e. The number of H-pyrrole nitrogens is 1. The summed E-state index contributed by atoms with van der Waals surface area (Å²) in [6.07, 6.45) is 5.29. The number of amides is 2. The molecule has 4 aromatic rings. The zero-order valence-corrected chi connectivity index (χ0v) is 21.5. The Balaban J connectivity index is 1.44. The molecule has 2 aliphatic rings. The Morgan fingerprint density at radius 3 is 2.50 bits per heavy atom. The van der Waals surface area contributed by atoms with E-state index in [0.717, 1.165) is 26.9 Å². The molecule has 8 heteroatoms. The highest BCUT2D eigenvalue weighted by Gasteiger charge is 2.68. The van der Waals surface area contributed by atoms with Gasteiger partial charge in [-0.3, -0.25) is 24.6 Å². The largest absolute Gasteiger partial charge is 0.480 e. The number of likely N-dealkylation sites (tertiary alicyclic amines) is 1. The fourth-order valence-corrected chi connectivity index (χ4v) is 6.25. The molecular weight excluding hydrogens is 504 g/mol. The van der Waals surface area contributed by atoms with Crippen molar-refractivity contribution >= 4 is 34.8 Å². The number of aliphatic carboxylic acids is 1. The predicted octanol–water partition coefficient (Wildman–Crippen LogP) is 4.06. The van der Waals surface area contributed by atoms with Crippen molar-refractivity contribution in [2.75, 3.05) is 6.54 Å². The molecular formula is C32H26N4O4. The molecule has 2 saturated heterocycles. The maximum absolute atomic E-state index is 14.0. The molecule has 3 N–H and O–H groups in total. The van der Waals surface area contributed by atoms with Crippen molar-refractivity contribution in [2.45, 2.75) is 18.0 Å². The number of fused-ring (bicyclic) bond motifs is 2.